The molecular weight excluding hydrogens is 238 g/mol. The lowest BCUT2D eigenvalue weighted by atomic mass is 10.0. The van der Waals surface area contributed by atoms with E-state index in [1.165, 1.54) is 25.7 Å². The predicted octanol–water partition coefficient (Wildman–Crippen LogP) is 2.29. The van der Waals surface area contributed by atoms with Gasteiger partial charge >= 0.3 is 5.69 Å². The molecule has 3 unspecified atom stereocenters. The van der Waals surface area contributed by atoms with Crippen LogP contribution in [0.5, 0.6) is 0 Å². The number of hydrogen-bond acceptors (Lipinski definition) is 2. The lowest BCUT2D eigenvalue weighted by Crippen LogP contribution is -2.14. The molecule has 2 fully saturated rings. The zero-order chi connectivity index (χ0) is 13.0. The van der Waals surface area contributed by atoms with E-state index in [2.05, 4.69) is 16.0 Å². The van der Waals surface area contributed by atoms with Crippen molar-refractivity contribution in [3.63, 3.8) is 0 Å². The minimum atomic E-state index is -0.152. The fraction of sp³-hybridized carbons (Fsp3) is 0.533. The molecule has 4 N–H and O–H groups in total. The van der Waals surface area contributed by atoms with Crippen LogP contribution in [0.1, 0.15) is 37.3 Å². The number of nitrogens with two attached hydrogens (primary N) is 1. The van der Waals surface area contributed by atoms with E-state index in [0.29, 0.717) is 5.92 Å². The molecular formula is C15H19N3O. The molecule has 2 aliphatic carbocycles. The van der Waals surface area contributed by atoms with Crippen LogP contribution in [-0.2, 0) is 0 Å². The third-order valence-corrected chi connectivity index (χ3v) is 5.06. The average molecular weight is 257 g/mol. The van der Waals surface area contributed by atoms with Gasteiger partial charge in [-0.1, -0.05) is 18.9 Å². The summed E-state index contributed by atoms with van der Waals surface area (Å²) >= 11 is 0. The summed E-state index contributed by atoms with van der Waals surface area (Å²) in [6.45, 7) is 0. The highest BCUT2D eigenvalue weighted by Crippen LogP contribution is 2.59. The van der Waals surface area contributed by atoms with Gasteiger partial charge < -0.3 is 15.7 Å². The molecule has 3 atom stereocenters. The maximum absolute atomic E-state index is 11.3. The summed E-state index contributed by atoms with van der Waals surface area (Å²) in [7, 11) is 0. The van der Waals surface area contributed by atoms with E-state index in [9.17, 15) is 4.79 Å². The van der Waals surface area contributed by atoms with Crippen LogP contribution in [-0.4, -0.2) is 9.97 Å². The van der Waals surface area contributed by atoms with Crippen LogP contribution in [0.15, 0.2) is 23.0 Å². The van der Waals surface area contributed by atoms with E-state index < -0.39 is 0 Å². The monoisotopic (exact) mass is 257 g/mol. The van der Waals surface area contributed by atoms with E-state index in [1.807, 2.05) is 12.1 Å². The molecule has 100 valence electrons. The first-order chi connectivity index (χ1) is 9.24. The van der Waals surface area contributed by atoms with Gasteiger partial charge in [-0.2, -0.15) is 0 Å². The second kappa shape index (κ2) is 3.97. The molecule has 2 saturated carbocycles. The number of aromatic amines is 2. The Kier molecular flexibility index (Phi) is 2.36. The molecule has 2 aliphatic rings. The van der Waals surface area contributed by atoms with Crippen LogP contribution >= 0.6 is 0 Å². The maximum Gasteiger partial charge on any atom is 0.323 e. The minimum absolute atomic E-state index is 0.121. The van der Waals surface area contributed by atoms with Crippen LogP contribution in [0.2, 0.25) is 0 Å². The Morgan fingerprint density at radius 3 is 2.53 bits per heavy atom. The van der Waals surface area contributed by atoms with E-state index in [1.54, 1.807) is 0 Å². The molecule has 19 heavy (non-hydrogen) atoms. The topological polar surface area (TPSA) is 74.7 Å². The van der Waals surface area contributed by atoms with Crippen LogP contribution in [0.4, 0.5) is 0 Å². The molecule has 1 aromatic carbocycles. The first kappa shape index (κ1) is 11.3. The summed E-state index contributed by atoms with van der Waals surface area (Å²) in [5, 5.41) is 0. The molecule has 4 nitrogen and oxygen atoms in total. The third-order valence-electron chi connectivity index (χ3n) is 5.06. The predicted molar refractivity (Wildman–Crippen MR) is 74.8 cm³/mol. The van der Waals surface area contributed by atoms with Gasteiger partial charge in [0.05, 0.1) is 11.0 Å². The Balaban J connectivity index is 1.64. The number of aromatic nitrogens is 2. The second-order valence-electron chi connectivity index (χ2n) is 6.10. The molecule has 0 amide bonds. The molecule has 4 rings (SSSR count). The summed E-state index contributed by atoms with van der Waals surface area (Å²) in [6.07, 6.45) is 5.45. The number of hydrogen-bond donors (Lipinski definition) is 3. The van der Waals surface area contributed by atoms with Gasteiger partial charge in [-0.15, -0.1) is 0 Å². The number of imidazole rings is 1. The first-order valence-electron chi connectivity index (χ1n) is 7.21. The van der Waals surface area contributed by atoms with Gasteiger partial charge in [0.15, 0.2) is 0 Å². The van der Waals surface area contributed by atoms with E-state index >= 15 is 0 Å². The molecule has 0 saturated heterocycles. The van der Waals surface area contributed by atoms with Gasteiger partial charge in [0.25, 0.3) is 0 Å². The molecule has 0 bridgehead atoms. The van der Waals surface area contributed by atoms with Crippen molar-refractivity contribution in [2.24, 2.45) is 23.5 Å². The Morgan fingerprint density at radius 1 is 1.11 bits per heavy atom. The molecule has 1 aromatic heterocycles. The van der Waals surface area contributed by atoms with Crippen molar-refractivity contribution in [1.82, 2.24) is 9.97 Å². The van der Waals surface area contributed by atoms with Gasteiger partial charge in [0.1, 0.15) is 0 Å². The normalized spacial score (nSPS) is 31.1. The van der Waals surface area contributed by atoms with Crippen LogP contribution < -0.4 is 11.4 Å². The second-order valence-corrected chi connectivity index (χ2v) is 6.10. The fourth-order valence-electron chi connectivity index (χ4n) is 4.06. The van der Waals surface area contributed by atoms with Crippen molar-refractivity contribution in [3.8, 4) is 0 Å². The summed E-state index contributed by atoms with van der Waals surface area (Å²) in [5.74, 6) is 2.36. The molecule has 0 spiro atoms. The summed E-state index contributed by atoms with van der Waals surface area (Å²) in [5.41, 5.74) is 9.18. The smallest absolute Gasteiger partial charge is 0.323 e. The van der Waals surface area contributed by atoms with E-state index in [0.717, 1.165) is 28.4 Å². The molecule has 1 heterocycles. The number of nitrogens with one attached hydrogen (secondary N) is 2. The third kappa shape index (κ3) is 1.74. The van der Waals surface area contributed by atoms with Gasteiger partial charge in [0, 0.05) is 6.04 Å². The van der Waals surface area contributed by atoms with Crippen molar-refractivity contribution in [3.05, 3.63) is 34.2 Å². The van der Waals surface area contributed by atoms with Gasteiger partial charge in [-0.05, 0) is 48.3 Å². The van der Waals surface area contributed by atoms with Crippen LogP contribution in [0, 0.1) is 17.8 Å². The molecule has 4 heteroatoms. The minimum Gasteiger partial charge on any atom is -0.324 e. The lowest BCUT2D eigenvalue weighted by Gasteiger charge is -2.12. The maximum atomic E-state index is 11.3. The Bertz CT molecular complexity index is 659. The molecule has 0 aliphatic heterocycles. The number of benzene rings is 1. The van der Waals surface area contributed by atoms with Crippen molar-refractivity contribution >= 4 is 11.0 Å². The van der Waals surface area contributed by atoms with Crippen molar-refractivity contribution < 1.29 is 0 Å². The van der Waals surface area contributed by atoms with E-state index in [-0.39, 0.29) is 11.7 Å². The van der Waals surface area contributed by atoms with Gasteiger partial charge in [-0.3, -0.25) is 0 Å². The van der Waals surface area contributed by atoms with Crippen molar-refractivity contribution in [2.75, 3.05) is 0 Å². The quantitative estimate of drug-likeness (QED) is 0.772. The van der Waals surface area contributed by atoms with Gasteiger partial charge in [-0.25, -0.2) is 4.79 Å². The molecule has 2 aromatic rings. The number of rotatable bonds is 2. The van der Waals surface area contributed by atoms with Crippen molar-refractivity contribution in [2.45, 2.75) is 31.7 Å². The zero-order valence-corrected chi connectivity index (χ0v) is 10.9. The summed E-state index contributed by atoms with van der Waals surface area (Å²) < 4.78 is 0. The Morgan fingerprint density at radius 2 is 1.79 bits per heavy atom. The zero-order valence-electron chi connectivity index (χ0n) is 10.9. The largest absolute Gasteiger partial charge is 0.324 e. The Hall–Kier alpha value is -1.55. The fourth-order valence-corrected chi connectivity index (χ4v) is 4.06. The SMILES string of the molecule is NC(c1ccc2[nH]c(=O)[nH]c2c1)C1C2CCCCC21. The molecule has 0 radical (unpaired) electrons. The number of H-pyrrole nitrogens is 2. The average Bonchev–Trinajstić information content (AvgIpc) is 3.02. The first-order valence-corrected chi connectivity index (χ1v) is 7.21. The van der Waals surface area contributed by atoms with Gasteiger partial charge in [0.2, 0.25) is 0 Å². The van der Waals surface area contributed by atoms with Crippen molar-refractivity contribution in [1.29, 1.82) is 0 Å². The Labute approximate surface area is 111 Å². The van der Waals surface area contributed by atoms with E-state index in [4.69, 9.17) is 5.73 Å². The summed E-state index contributed by atoms with van der Waals surface area (Å²) in [6, 6.07) is 6.16. The highest BCUT2D eigenvalue weighted by molar-refractivity contribution is 5.75. The summed E-state index contributed by atoms with van der Waals surface area (Å²) in [4.78, 5) is 16.9. The lowest BCUT2D eigenvalue weighted by molar-refractivity contribution is 0.480. The number of fused-ring (bicyclic) bond motifs is 2. The highest BCUT2D eigenvalue weighted by Gasteiger charge is 2.53. The van der Waals surface area contributed by atoms with Crippen LogP contribution in [0.25, 0.3) is 11.0 Å². The standard InChI is InChI=1S/C15H19N3O/c16-14(13-9-3-1-2-4-10(9)13)8-5-6-11-12(7-8)18-15(19)17-11/h5-7,9-10,13-14H,1-4,16H2,(H2,17,18,19). The van der Waals surface area contributed by atoms with Crippen LogP contribution in [0.3, 0.4) is 0 Å². The highest BCUT2D eigenvalue weighted by atomic mass is 16.1.